The number of thiazole rings is 1. The number of aromatic nitrogens is 1. The second-order valence-electron chi connectivity index (χ2n) is 7.94. The molecule has 0 saturated heterocycles. The van der Waals surface area contributed by atoms with Crippen LogP contribution in [0.25, 0.3) is 10.2 Å². The monoisotopic (exact) mass is 461 g/mol. The van der Waals surface area contributed by atoms with Crippen LogP contribution in [0.3, 0.4) is 0 Å². The van der Waals surface area contributed by atoms with Crippen molar-refractivity contribution in [3.8, 4) is 0 Å². The van der Waals surface area contributed by atoms with Gasteiger partial charge in [0.15, 0.2) is 5.13 Å². The molecular formula is C25H20ClN3O2S. The van der Waals surface area contributed by atoms with E-state index in [2.05, 4.69) is 27.8 Å². The Morgan fingerprint density at radius 1 is 1.03 bits per heavy atom. The number of fused-ring (bicyclic) bond motifs is 1. The van der Waals surface area contributed by atoms with E-state index in [-0.39, 0.29) is 23.7 Å². The molecule has 5 rings (SSSR count). The van der Waals surface area contributed by atoms with E-state index < -0.39 is 0 Å². The van der Waals surface area contributed by atoms with Crippen molar-refractivity contribution < 1.29 is 9.59 Å². The molecular weight excluding hydrogens is 442 g/mol. The molecule has 0 bridgehead atoms. The SMILES string of the molecule is Cc1cccc(Cl)c1NC(=O)c1ccc2nc(NC(=O)C3CC3c3ccccc3)sc2c1. The van der Waals surface area contributed by atoms with Crippen molar-refractivity contribution in [1.82, 2.24) is 4.98 Å². The molecule has 3 aromatic carbocycles. The number of aryl methyl sites for hydroxylation is 1. The van der Waals surface area contributed by atoms with Crippen LogP contribution in [0.2, 0.25) is 5.02 Å². The number of halogens is 1. The molecule has 0 aliphatic heterocycles. The van der Waals surface area contributed by atoms with Gasteiger partial charge in [-0.1, -0.05) is 65.4 Å². The van der Waals surface area contributed by atoms with Crippen LogP contribution in [0.5, 0.6) is 0 Å². The highest BCUT2D eigenvalue weighted by atomic mass is 35.5. The summed E-state index contributed by atoms with van der Waals surface area (Å²) in [5.74, 6) is -0.00500. The third kappa shape index (κ3) is 4.11. The Labute approximate surface area is 194 Å². The molecule has 1 aliphatic rings. The molecule has 7 heteroatoms. The highest BCUT2D eigenvalue weighted by molar-refractivity contribution is 7.22. The number of carbonyl (C=O) groups is 2. The van der Waals surface area contributed by atoms with Gasteiger partial charge in [-0.3, -0.25) is 9.59 Å². The Hall–Kier alpha value is -3.22. The molecule has 0 radical (unpaired) electrons. The van der Waals surface area contributed by atoms with Gasteiger partial charge in [0.1, 0.15) is 0 Å². The van der Waals surface area contributed by atoms with Gasteiger partial charge in [-0.05, 0) is 54.7 Å². The number of hydrogen-bond donors (Lipinski definition) is 2. The normalized spacial score (nSPS) is 17.2. The van der Waals surface area contributed by atoms with Gasteiger partial charge >= 0.3 is 0 Å². The smallest absolute Gasteiger partial charge is 0.255 e. The molecule has 2 N–H and O–H groups in total. The highest BCUT2D eigenvalue weighted by Crippen LogP contribution is 2.48. The summed E-state index contributed by atoms with van der Waals surface area (Å²) in [5, 5.41) is 6.87. The highest BCUT2D eigenvalue weighted by Gasteiger charge is 2.44. The van der Waals surface area contributed by atoms with Crippen LogP contribution in [-0.4, -0.2) is 16.8 Å². The van der Waals surface area contributed by atoms with E-state index in [1.807, 2.05) is 37.3 Å². The van der Waals surface area contributed by atoms with Crippen molar-refractivity contribution in [2.45, 2.75) is 19.3 Å². The Kier molecular flexibility index (Phi) is 5.41. The van der Waals surface area contributed by atoms with E-state index in [4.69, 9.17) is 11.6 Å². The van der Waals surface area contributed by atoms with E-state index in [0.717, 1.165) is 22.2 Å². The molecule has 4 aromatic rings. The summed E-state index contributed by atoms with van der Waals surface area (Å²) < 4.78 is 0.833. The fourth-order valence-corrected chi connectivity index (χ4v) is 5.02. The first kappa shape index (κ1) is 20.7. The first-order valence-electron chi connectivity index (χ1n) is 10.3. The number of para-hydroxylation sites is 1. The van der Waals surface area contributed by atoms with Crippen LogP contribution >= 0.6 is 22.9 Å². The lowest BCUT2D eigenvalue weighted by molar-refractivity contribution is -0.117. The summed E-state index contributed by atoms with van der Waals surface area (Å²) in [5.41, 5.74) is 3.94. The van der Waals surface area contributed by atoms with E-state index in [1.54, 1.807) is 24.3 Å². The zero-order valence-electron chi connectivity index (χ0n) is 17.3. The number of nitrogens with one attached hydrogen (secondary N) is 2. The van der Waals surface area contributed by atoms with Gasteiger partial charge in [-0.15, -0.1) is 0 Å². The maximum absolute atomic E-state index is 12.8. The third-order valence-corrected chi connectivity index (χ3v) is 6.94. The Morgan fingerprint density at radius 2 is 1.84 bits per heavy atom. The minimum Gasteiger partial charge on any atom is -0.320 e. The molecule has 0 spiro atoms. The van der Waals surface area contributed by atoms with Gasteiger partial charge in [-0.25, -0.2) is 4.98 Å². The topological polar surface area (TPSA) is 71.1 Å². The Morgan fingerprint density at radius 3 is 2.62 bits per heavy atom. The van der Waals surface area contributed by atoms with Crippen LogP contribution in [0.1, 0.15) is 33.8 Å². The minimum absolute atomic E-state index is 0.00919. The molecule has 1 heterocycles. The van der Waals surface area contributed by atoms with E-state index in [9.17, 15) is 9.59 Å². The largest absolute Gasteiger partial charge is 0.320 e. The fourth-order valence-electron chi connectivity index (χ4n) is 3.85. The second-order valence-corrected chi connectivity index (χ2v) is 9.37. The zero-order valence-corrected chi connectivity index (χ0v) is 18.8. The van der Waals surface area contributed by atoms with Gasteiger partial charge < -0.3 is 10.6 Å². The van der Waals surface area contributed by atoms with Gasteiger partial charge in [0.25, 0.3) is 5.91 Å². The molecule has 160 valence electrons. The average Bonchev–Trinajstić information content (AvgIpc) is 3.50. The van der Waals surface area contributed by atoms with Gasteiger partial charge in [-0.2, -0.15) is 0 Å². The maximum atomic E-state index is 12.8. The standard InChI is InChI=1S/C25H20ClN3O2S/c1-14-6-5-9-19(26)22(14)28-23(30)16-10-11-20-21(12-16)32-25(27-20)29-24(31)18-13-17(18)15-7-3-2-4-8-15/h2-12,17-18H,13H2,1H3,(H,28,30)(H,27,29,31). The fraction of sp³-hybridized carbons (Fsp3) is 0.160. The van der Waals surface area contributed by atoms with Crippen molar-refractivity contribution >= 4 is 55.8 Å². The predicted octanol–water partition coefficient (Wildman–Crippen LogP) is 6.25. The molecule has 2 amide bonds. The lowest BCUT2D eigenvalue weighted by Gasteiger charge is -2.10. The summed E-state index contributed by atoms with van der Waals surface area (Å²) in [6.07, 6.45) is 0.854. The average molecular weight is 462 g/mol. The molecule has 2 atom stereocenters. The summed E-state index contributed by atoms with van der Waals surface area (Å²) in [4.78, 5) is 29.9. The Balaban J connectivity index is 1.29. The van der Waals surface area contributed by atoms with Crippen molar-refractivity contribution in [1.29, 1.82) is 0 Å². The molecule has 1 aliphatic carbocycles. The van der Waals surface area contributed by atoms with Crippen molar-refractivity contribution in [3.63, 3.8) is 0 Å². The zero-order chi connectivity index (χ0) is 22.2. The lowest BCUT2D eigenvalue weighted by atomic mass is 10.1. The number of anilines is 2. The summed E-state index contributed by atoms with van der Waals surface area (Å²) in [7, 11) is 0. The molecule has 1 saturated carbocycles. The molecule has 2 unspecified atom stereocenters. The lowest BCUT2D eigenvalue weighted by Crippen LogP contribution is -2.14. The predicted molar refractivity (Wildman–Crippen MR) is 130 cm³/mol. The second kappa shape index (κ2) is 8.37. The summed E-state index contributed by atoms with van der Waals surface area (Å²) >= 11 is 7.59. The molecule has 1 fully saturated rings. The quantitative estimate of drug-likeness (QED) is 0.369. The van der Waals surface area contributed by atoms with Crippen molar-refractivity contribution in [2.24, 2.45) is 5.92 Å². The van der Waals surface area contributed by atoms with Gasteiger partial charge in [0, 0.05) is 11.5 Å². The summed E-state index contributed by atoms with van der Waals surface area (Å²) in [6, 6.07) is 20.9. The number of benzene rings is 3. The number of amides is 2. The number of nitrogens with zero attached hydrogens (tertiary/aromatic N) is 1. The van der Waals surface area contributed by atoms with E-state index >= 15 is 0 Å². The minimum atomic E-state index is -0.245. The number of rotatable bonds is 5. The third-order valence-electron chi connectivity index (χ3n) is 5.70. The maximum Gasteiger partial charge on any atom is 0.255 e. The van der Waals surface area contributed by atoms with Crippen LogP contribution < -0.4 is 10.6 Å². The van der Waals surface area contributed by atoms with Crippen molar-refractivity contribution in [3.05, 3.63) is 88.4 Å². The summed E-state index contributed by atoms with van der Waals surface area (Å²) in [6.45, 7) is 1.89. The van der Waals surface area contributed by atoms with Crippen LogP contribution in [-0.2, 0) is 4.79 Å². The van der Waals surface area contributed by atoms with Crippen molar-refractivity contribution in [2.75, 3.05) is 10.6 Å². The first-order valence-corrected chi connectivity index (χ1v) is 11.5. The van der Waals surface area contributed by atoms with Gasteiger partial charge in [0.2, 0.25) is 5.91 Å². The molecule has 5 nitrogen and oxygen atoms in total. The first-order chi connectivity index (χ1) is 15.5. The molecule has 1 aromatic heterocycles. The van der Waals surface area contributed by atoms with Crippen LogP contribution in [0.15, 0.2) is 66.7 Å². The van der Waals surface area contributed by atoms with Gasteiger partial charge in [0.05, 0.1) is 20.9 Å². The Bertz CT molecular complexity index is 1320. The number of carbonyl (C=O) groups excluding carboxylic acids is 2. The van der Waals surface area contributed by atoms with E-state index in [1.165, 1.54) is 16.9 Å². The number of hydrogen-bond acceptors (Lipinski definition) is 4. The van der Waals surface area contributed by atoms with E-state index in [0.29, 0.717) is 21.4 Å². The molecule has 32 heavy (non-hydrogen) atoms. The van der Waals surface area contributed by atoms with Crippen LogP contribution in [0.4, 0.5) is 10.8 Å². The van der Waals surface area contributed by atoms with Crippen LogP contribution in [0, 0.1) is 12.8 Å².